The lowest BCUT2D eigenvalue weighted by Gasteiger charge is -2.31. The minimum absolute atomic E-state index is 0.0606. The molecule has 0 aliphatic carbocycles. The molecule has 126 valence electrons. The third kappa shape index (κ3) is 3.70. The number of piperidine rings is 1. The van der Waals surface area contributed by atoms with Gasteiger partial charge in [0.1, 0.15) is 0 Å². The first-order valence-electron chi connectivity index (χ1n) is 7.91. The van der Waals surface area contributed by atoms with Crippen LogP contribution < -0.4 is 10.6 Å². The number of hydrogen-bond donors (Lipinski definition) is 2. The predicted octanol–water partition coefficient (Wildman–Crippen LogP) is 1.40. The molecule has 2 aromatic heterocycles. The number of hydrogen-bond acceptors (Lipinski definition) is 4. The van der Waals surface area contributed by atoms with Gasteiger partial charge >= 0.3 is 6.03 Å². The van der Waals surface area contributed by atoms with Crippen molar-refractivity contribution in [2.24, 2.45) is 0 Å². The zero-order valence-corrected chi connectivity index (χ0v) is 13.5. The van der Waals surface area contributed by atoms with E-state index in [4.69, 9.17) is 0 Å². The molecule has 8 nitrogen and oxygen atoms in total. The van der Waals surface area contributed by atoms with E-state index >= 15 is 0 Å². The average Bonchev–Trinajstić information content (AvgIpc) is 3.10. The fraction of sp³-hybridized carbons (Fsp3) is 0.375. The molecule has 1 fully saturated rings. The molecule has 0 radical (unpaired) electrons. The molecular weight excluding hydrogens is 308 g/mol. The third-order valence-corrected chi connectivity index (χ3v) is 4.03. The van der Waals surface area contributed by atoms with E-state index < -0.39 is 0 Å². The van der Waals surface area contributed by atoms with Crippen molar-refractivity contribution in [3.63, 3.8) is 0 Å². The van der Waals surface area contributed by atoms with Gasteiger partial charge in [-0.15, -0.1) is 0 Å². The van der Waals surface area contributed by atoms with Crippen LogP contribution in [0.3, 0.4) is 0 Å². The molecule has 1 saturated heterocycles. The van der Waals surface area contributed by atoms with E-state index in [0.29, 0.717) is 24.6 Å². The molecule has 3 heterocycles. The standard InChI is InChI=1S/C16H20N6O2/c1-12(23)21-10-5-13(6-11-21)19-16(24)20-14-4-2-7-17-15(14)22-9-3-8-18-22/h2-4,7-9,13H,5-6,10-11H2,1H3,(H2,19,20,24). The molecule has 0 spiro atoms. The molecule has 24 heavy (non-hydrogen) atoms. The first-order valence-corrected chi connectivity index (χ1v) is 7.91. The summed E-state index contributed by atoms with van der Waals surface area (Å²) in [7, 11) is 0. The summed E-state index contributed by atoms with van der Waals surface area (Å²) in [5.41, 5.74) is 0.583. The maximum atomic E-state index is 12.3. The Kier molecular flexibility index (Phi) is 4.74. The lowest BCUT2D eigenvalue weighted by Crippen LogP contribution is -2.47. The number of nitrogens with zero attached hydrogens (tertiary/aromatic N) is 4. The SMILES string of the molecule is CC(=O)N1CCC(NC(=O)Nc2cccnc2-n2cccn2)CC1. The van der Waals surface area contributed by atoms with Crippen LogP contribution in [0.25, 0.3) is 5.82 Å². The number of aromatic nitrogens is 3. The Balaban J connectivity index is 1.59. The van der Waals surface area contributed by atoms with E-state index in [1.165, 1.54) is 0 Å². The molecule has 2 aromatic rings. The van der Waals surface area contributed by atoms with Crippen LogP contribution in [0, 0.1) is 0 Å². The molecular formula is C16H20N6O2. The summed E-state index contributed by atoms with van der Waals surface area (Å²) in [6.07, 6.45) is 6.58. The molecule has 8 heteroatoms. The van der Waals surface area contributed by atoms with Crippen LogP contribution in [0.1, 0.15) is 19.8 Å². The fourth-order valence-electron chi connectivity index (χ4n) is 2.75. The Hall–Kier alpha value is -2.90. The summed E-state index contributed by atoms with van der Waals surface area (Å²) in [4.78, 5) is 29.7. The summed E-state index contributed by atoms with van der Waals surface area (Å²) in [5.74, 6) is 0.640. The Bertz CT molecular complexity index is 707. The highest BCUT2D eigenvalue weighted by atomic mass is 16.2. The topological polar surface area (TPSA) is 92.2 Å². The molecule has 0 bridgehead atoms. The van der Waals surface area contributed by atoms with E-state index in [-0.39, 0.29) is 18.0 Å². The van der Waals surface area contributed by atoms with E-state index in [1.54, 1.807) is 53.3 Å². The van der Waals surface area contributed by atoms with Gasteiger partial charge in [0.15, 0.2) is 5.82 Å². The van der Waals surface area contributed by atoms with Crippen LogP contribution in [-0.4, -0.2) is 50.7 Å². The van der Waals surface area contributed by atoms with E-state index in [2.05, 4.69) is 20.7 Å². The van der Waals surface area contributed by atoms with E-state index in [9.17, 15) is 9.59 Å². The maximum absolute atomic E-state index is 12.3. The van der Waals surface area contributed by atoms with Crippen molar-refractivity contribution in [2.75, 3.05) is 18.4 Å². The number of likely N-dealkylation sites (tertiary alicyclic amines) is 1. The molecule has 0 atom stereocenters. The predicted molar refractivity (Wildman–Crippen MR) is 88.8 cm³/mol. The minimum Gasteiger partial charge on any atom is -0.343 e. The highest BCUT2D eigenvalue weighted by Gasteiger charge is 2.22. The second kappa shape index (κ2) is 7.12. The average molecular weight is 328 g/mol. The highest BCUT2D eigenvalue weighted by molar-refractivity contribution is 5.91. The number of anilines is 1. The van der Waals surface area contributed by atoms with Gasteiger partial charge in [-0.2, -0.15) is 5.10 Å². The minimum atomic E-state index is -0.280. The second-order valence-electron chi connectivity index (χ2n) is 5.70. The number of urea groups is 1. The number of carbonyl (C=O) groups excluding carboxylic acids is 2. The Labute approximate surface area is 139 Å². The lowest BCUT2D eigenvalue weighted by molar-refractivity contribution is -0.129. The number of amides is 3. The summed E-state index contributed by atoms with van der Waals surface area (Å²) in [5, 5.41) is 9.92. The smallest absolute Gasteiger partial charge is 0.319 e. The zero-order chi connectivity index (χ0) is 16.9. The molecule has 0 aromatic carbocycles. The van der Waals surface area contributed by atoms with Crippen molar-refractivity contribution < 1.29 is 9.59 Å². The van der Waals surface area contributed by atoms with Crippen LogP contribution in [-0.2, 0) is 4.79 Å². The Morgan fingerprint density at radius 2 is 2.00 bits per heavy atom. The molecule has 0 saturated carbocycles. The van der Waals surface area contributed by atoms with Crippen LogP contribution in [0.2, 0.25) is 0 Å². The van der Waals surface area contributed by atoms with Crippen molar-refractivity contribution in [2.45, 2.75) is 25.8 Å². The monoisotopic (exact) mass is 328 g/mol. The number of carbonyl (C=O) groups is 2. The van der Waals surface area contributed by atoms with Crippen molar-refractivity contribution in [1.82, 2.24) is 25.0 Å². The van der Waals surface area contributed by atoms with Gasteiger partial charge in [0.05, 0.1) is 5.69 Å². The van der Waals surface area contributed by atoms with Gasteiger partial charge in [-0.25, -0.2) is 14.5 Å². The van der Waals surface area contributed by atoms with Gasteiger partial charge in [-0.3, -0.25) is 4.79 Å². The van der Waals surface area contributed by atoms with Crippen molar-refractivity contribution >= 4 is 17.6 Å². The van der Waals surface area contributed by atoms with Crippen LogP contribution in [0.15, 0.2) is 36.8 Å². The zero-order valence-electron chi connectivity index (χ0n) is 13.5. The maximum Gasteiger partial charge on any atom is 0.319 e. The number of pyridine rings is 1. The summed E-state index contributed by atoms with van der Waals surface area (Å²) in [6, 6.07) is 5.11. The van der Waals surface area contributed by atoms with Crippen LogP contribution >= 0.6 is 0 Å². The normalized spacial score (nSPS) is 15.1. The van der Waals surface area contributed by atoms with Gasteiger partial charge in [0, 0.05) is 44.6 Å². The first kappa shape index (κ1) is 16.0. The van der Waals surface area contributed by atoms with Gasteiger partial charge in [-0.1, -0.05) is 0 Å². The van der Waals surface area contributed by atoms with Crippen molar-refractivity contribution in [1.29, 1.82) is 0 Å². The van der Waals surface area contributed by atoms with Crippen LogP contribution in [0.4, 0.5) is 10.5 Å². The summed E-state index contributed by atoms with van der Waals surface area (Å²) in [6.45, 7) is 2.91. The molecule has 1 aliphatic rings. The first-order chi connectivity index (χ1) is 11.6. The highest BCUT2D eigenvalue weighted by Crippen LogP contribution is 2.16. The second-order valence-corrected chi connectivity index (χ2v) is 5.70. The summed E-state index contributed by atoms with van der Waals surface area (Å²) >= 11 is 0. The van der Waals surface area contributed by atoms with Gasteiger partial charge in [-0.05, 0) is 31.0 Å². The van der Waals surface area contributed by atoms with Crippen LogP contribution in [0.5, 0.6) is 0 Å². The molecule has 3 amide bonds. The lowest BCUT2D eigenvalue weighted by atomic mass is 10.1. The van der Waals surface area contributed by atoms with Crippen molar-refractivity contribution in [3.8, 4) is 5.82 Å². The van der Waals surface area contributed by atoms with E-state index in [1.807, 2.05) is 0 Å². The van der Waals surface area contributed by atoms with Gasteiger partial charge in [0.2, 0.25) is 5.91 Å². The molecule has 1 aliphatic heterocycles. The van der Waals surface area contributed by atoms with E-state index in [0.717, 1.165) is 12.8 Å². The quantitative estimate of drug-likeness (QED) is 0.891. The summed E-state index contributed by atoms with van der Waals surface area (Å²) < 4.78 is 1.60. The molecule has 0 unspecified atom stereocenters. The molecule has 2 N–H and O–H groups in total. The van der Waals surface area contributed by atoms with Gasteiger partial charge in [0.25, 0.3) is 0 Å². The fourth-order valence-corrected chi connectivity index (χ4v) is 2.75. The largest absolute Gasteiger partial charge is 0.343 e. The number of rotatable bonds is 3. The Morgan fingerprint density at radius 3 is 2.67 bits per heavy atom. The molecule has 3 rings (SSSR count). The number of nitrogens with one attached hydrogen (secondary N) is 2. The van der Waals surface area contributed by atoms with Crippen molar-refractivity contribution in [3.05, 3.63) is 36.8 Å². The van der Waals surface area contributed by atoms with Gasteiger partial charge < -0.3 is 15.5 Å². The third-order valence-electron chi connectivity index (χ3n) is 4.03. The Morgan fingerprint density at radius 1 is 1.21 bits per heavy atom.